The van der Waals surface area contributed by atoms with Crippen LogP contribution in [0, 0.1) is 5.92 Å². The second-order valence-electron chi connectivity index (χ2n) is 4.90. The molecular formula is C12H19NO2. The SMILES string of the molecule is CC1CCC(C(=O)O)(N2CC=CC2)CC1. The van der Waals surface area contributed by atoms with E-state index in [0.717, 1.165) is 38.8 Å². The van der Waals surface area contributed by atoms with Crippen LogP contribution in [0.2, 0.25) is 0 Å². The Hall–Kier alpha value is -0.830. The number of aliphatic carboxylic acids is 1. The first-order valence-electron chi connectivity index (χ1n) is 5.78. The molecule has 1 saturated carbocycles. The summed E-state index contributed by atoms with van der Waals surface area (Å²) in [4.78, 5) is 13.6. The monoisotopic (exact) mass is 209 g/mol. The first-order chi connectivity index (χ1) is 7.15. The molecule has 0 atom stereocenters. The van der Waals surface area contributed by atoms with E-state index in [1.807, 2.05) is 0 Å². The van der Waals surface area contributed by atoms with Crippen LogP contribution < -0.4 is 0 Å². The average Bonchev–Trinajstić information content (AvgIpc) is 2.72. The molecule has 0 amide bonds. The minimum Gasteiger partial charge on any atom is -0.480 e. The molecule has 3 nitrogen and oxygen atoms in total. The molecule has 84 valence electrons. The average molecular weight is 209 g/mol. The molecule has 1 heterocycles. The van der Waals surface area contributed by atoms with Crippen LogP contribution in [0.15, 0.2) is 12.2 Å². The summed E-state index contributed by atoms with van der Waals surface area (Å²) in [7, 11) is 0. The van der Waals surface area contributed by atoms with Gasteiger partial charge in [0.25, 0.3) is 0 Å². The van der Waals surface area contributed by atoms with Crippen LogP contribution in [0.5, 0.6) is 0 Å². The van der Waals surface area contributed by atoms with E-state index < -0.39 is 11.5 Å². The predicted molar refractivity (Wildman–Crippen MR) is 58.7 cm³/mol. The molecule has 0 aromatic heterocycles. The van der Waals surface area contributed by atoms with Gasteiger partial charge in [-0.1, -0.05) is 19.1 Å². The highest BCUT2D eigenvalue weighted by Crippen LogP contribution is 2.37. The summed E-state index contributed by atoms with van der Waals surface area (Å²) in [6, 6.07) is 0. The minimum atomic E-state index is -0.627. The van der Waals surface area contributed by atoms with Gasteiger partial charge < -0.3 is 5.11 Å². The zero-order chi connectivity index (χ0) is 10.9. The maximum atomic E-state index is 11.5. The summed E-state index contributed by atoms with van der Waals surface area (Å²) in [5.41, 5.74) is -0.573. The first kappa shape index (κ1) is 10.7. The standard InChI is InChI=1S/C12H19NO2/c1-10-4-6-12(7-5-10,11(14)15)13-8-2-3-9-13/h2-3,10H,4-9H2,1H3,(H,14,15). The number of carbonyl (C=O) groups is 1. The third-order valence-corrected chi connectivity index (χ3v) is 3.92. The zero-order valence-corrected chi connectivity index (χ0v) is 9.28. The molecule has 1 aliphatic carbocycles. The van der Waals surface area contributed by atoms with Crippen LogP contribution in [0.3, 0.4) is 0 Å². The van der Waals surface area contributed by atoms with Crippen LogP contribution in [0.4, 0.5) is 0 Å². The Morgan fingerprint density at radius 3 is 2.33 bits per heavy atom. The van der Waals surface area contributed by atoms with Crippen LogP contribution >= 0.6 is 0 Å². The molecule has 1 N–H and O–H groups in total. The van der Waals surface area contributed by atoms with Crippen molar-refractivity contribution in [2.24, 2.45) is 5.92 Å². The van der Waals surface area contributed by atoms with E-state index in [0.29, 0.717) is 5.92 Å². The summed E-state index contributed by atoms with van der Waals surface area (Å²) in [6.45, 7) is 3.83. The van der Waals surface area contributed by atoms with Crippen LogP contribution in [-0.4, -0.2) is 34.6 Å². The molecule has 2 rings (SSSR count). The zero-order valence-electron chi connectivity index (χ0n) is 9.28. The quantitative estimate of drug-likeness (QED) is 0.706. The van der Waals surface area contributed by atoms with Gasteiger partial charge in [0.1, 0.15) is 5.54 Å². The fourth-order valence-corrected chi connectivity index (χ4v) is 2.73. The van der Waals surface area contributed by atoms with Gasteiger partial charge in [-0.05, 0) is 31.6 Å². The highest BCUT2D eigenvalue weighted by molar-refractivity contribution is 5.79. The van der Waals surface area contributed by atoms with Crippen molar-refractivity contribution in [1.82, 2.24) is 4.90 Å². The highest BCUT2D eigenvalue weighted by atomic mass is 16.4. The maximum Gasteiger partial charge on any atom is 0.324 e. The van der Waals surface area contributed by atoms with Crippen LogP contribution in [0.1, 0.15) is 32.6 Å². The second-order valence-corrected chi connectivity index (χ2v) is 4.90. The van der Waals surface area contributed by atoms with E-state index in [1.54, 1.807) is 0 Å². The molecule has 0 radical (unpaired) electrons. The van der Waals surface area contributed by atoms with Crippen molar-refractivity contribution in [3.05, 3.63) is 12.2 Å². The molecule has 1 fully saturated rings. The Morgan fingerprint density at radius 1 is 1.33 bits per heavy atom. The molecule has 1 aliphatic heterocycles. The van der Waals surface area contributed by atoms with E-state index in [-0.39, 0.29) is 0 Å². The topological polar surface area (TPSA) is 40.5 Å². The van der Waals surface area contributed by atoms with Crippen molar-refractivity contribution in [3.8, 4) is 0 Å². The number of hydrogen-bond donors (Lipinski definition) is 1. The van der Waals surface area contributed by atoms with Gasteiger partial charge in [0.15, 0.2) is 0 Å². The number of hydrogen-bond acceptors (Lipinski definition) is 2. The number of carboxylic acid groups (broad SMARTS) is 1. The van der Waals surface area contributed by atoms with Gasteiger partial charge in [-0.2, -0.15) is 0 Å². The van der Waals surface area contributed by atoms with Gasteiger partial charge in [-0.25, -0.2) is 0 Å². The van der Waals surface area contributed by atoms with Gasteiger partial charge in [0.2, 0.25) is 0 Å². The third kappa shape index (κ3) is 1.81. The van der Waals surface area contributed by atoms with Crippen molar-refractivity contribution in [3.63, 3.8) is 0 Å². The Morgan fingerprint density at radius 2 is 1.87 bits per heavy atom. The summed E-state index contributed by atoms with van der Waals surface area (Å²) in [5, 5.41) is 9.47. The minimum absolute atomic E-state index is 0.573. The van der Waals surface area contributed by atoms with Gasteiger partial charge in [-0.15, -0.1) is 0 Å². The predicted octanol–water partition coefficient (Wildman–Crippen LogP) is 1.89. The highest BCUT2D eigenvalue weighted by Gasteiger charge is 2.45. The largest absolute Gasteiger partial charge is 0.480 e. The third-order valence-electron chi connectivity index (χ3n) is 3.92. The maximum absolute atomic E-state index is 11.5. The van der Waals surface area contributed by atoms with E-state index in [1.165, 1.54) is 0 Å². The fourth-order valence-electron chi connectivity index (χ4n) is 2.73. The number of nitrogens with zero attached hydrogens (tertiary/aromatic N) is 1. The molecule has 3 heteroatoms. The summed E-state index contributed by atoms with van der Waals surface area (Å²) < 4.78 is 0. The van der Waals surface area contributed by atoms with E-state index in [9.17, 15) is 9.90 Å². The summed E-state index contributed by atoms with van der Waals surface area (Å²) in [6.07, 6.45) is 7.85. The van der Waals surface area contributed by atoms with Gasteiger partial charge >= 0.3 is 5.97 Å². The van der Waals surface area contributed by atoms with Crippen molar-refractivity contribution in [2.45, 2.75) is 38.1 Å². The van der Waals surface area contributed by atoms with Crippen molar-refractivity contribution < 1.29 is 9.90 Å². The number of rotatable bonds is 2. The fraction of sp³-hybridized carbons (Fsp3) is 0.750. The molecule has 0 aromatic rings. The molecular weight excluding hydrogens is 190 g/mol. The smallest absolute Gasteiger partial charge is 0.324 e. The molecule has 0 spiro atoms. The lowest BCUT2D eigenvalue weighted by Gasteiger charge is -2.42. The summed E-state index contributed by atoms with van der Waals surface area (Å²) in [5.74, 6) is 0.0612. The Labute approximate surface area is 90.8 Å². The summed E-state index contributed by atoms with van der Waals surface area (Å²) >= 11 is 0. The van der Waals surface area contributed by atoms with Crippen molar-refractivity contribution >= 4 is 5.97 Å². The van der Waals surface area contributed by atoms with E-state index in [2.05, 4.69) is 24.0 Å². The lowest BCUT2D eigenvalue weighted by molar-refractivity contribution is -0.153. The molecule has 15 heavy (non-hydrogen) atoms. The van der Waals surface area contributed by atoms with Crippen LogP contribution in [0.25, 0.3) is 0 Å². The van der Waals surface area contributed by atoms with Gasteiger partial charge in [-0.3, -0.25) is 9.69 Å². The van der Waals surface area contributed by atoms with Crippen molar-refractivity contribution in [1.29, 1.82) is 0 Å². The molecule has 0 saturated heterocycles. The Bertz CT molecular complexity index is 269. The molecule has 0 aromatic carbocycles. The van der Waals surface area contributed by atoms with Gasteiger partial charge in [0.05, 0.1) is 0 Å². The first-order valence-corrected chi connectivity index (χ1v) is 5.78. The molecule has 0 unspecified atom stereocenters. The molecule has 0 bridgehead atoms. The number of carboxylic acids is 1. The van der Waals surface area contributed by atoms with E-state index in [4.69, 9.17) is 0 Å². The Kier molecular flexibility index (Phi) is 2.83. The second kappa shape index (κ2) is 3.97. The molecule has 2 aliphatic rings. The Balaban J connectivity index is 2.14. The van der Waals surface area contributed by atoms with E-state index >= 15 is 0 Å². The lowest BCUT2D eigenvalue weighted by atomic mass is 9.76. The normalized spacial score (nSPS) is 37.0. The van der Waals surface area contributed by atoms with Crippen LogP contribution in [-0.2, 0) is 4.79 Å². The van der Waals surface area contributed by atoms with Gasteiger partial charge in [0, 0.05) is 13.1 Å². The lowest BCUT2D eigenvalue weighted by Crippen LogP contribution is -2.55. The van der Waals surface area contributed by atoms with Crippen molar-refractivity contribution in [2.75, 3.05) is 13.1 Å².